The van der Waals surface area contributed by atoms with Gasteiger partial charge in [-0.15, -0.1) is 11.3 Å². The fraction of sp³-hybridized carbons (Fsp3) is 0.0357. The van der Waals surface area contributed by atoms with Crippen LogP contribution in [-0.2, 0) is 0 Å². The van der Waals surface area contributed by atoms with Gasteiger partial charge in [0.1, 0.15) is 11.3 Å². The van der Waals surface area contributed by atoms with Crippen molar-refractivity contribution in [3.8, 4) is 33.4 Å². The molecule has 2 heteroatoms. The lowest BCUT2D eigenvalue weighted by molar-refractivity contribution is 0.578. The fourth-order valence-electron chi connectivity index (χ4n) is 9.79. The quantitative estimate of drug-likeness (QED) is 0.163. The third-order valence-electron chi connectivity index (χ3n) is 12.3. The first-order valence-electron chi connectivity index (χ1n) is 20.0. The molecule has 1 nitrogen and oxygen atoms in total. The highest BCUT2D eigenvalue weighted by atomic mass is 32.1. The molecule has 0 amide bonds. The molecule has 0 fully saturated rings. The Bertz CT molecular complexity index is 3640. The monoisotopic (exact) mass is 756 g/mol. The summed E-state index contributed by atoms with van der Waals surface area (Å²) in [6.45, 7) is 4.11. The summed E-state index contributed by atoms with van der Waals surface area (Å²) in [6, 6.07) is 63.3. The molecule has 0 aliphatic rings. The van der Waals surface area contributed by atoms with E-state index in [0.717, 1.165) is 16.9 Å². The molecule has 2 heterocycles. The minimum Gasteiger partial charge on any atom is -0.461 e. The first kappa shape index (κ1) is 33.2. The smallest absolute Gasteiger partial charge is 0.135 e. The Morgan fingerprint density at radius 3 is 1.74 bits per heavy atom. The van der Waals surface area contributed by atoms with Gasteiger partial charge in [-0.1, -0.05) is 158 Å². The maximum atomic E-state index is 6.30. The highest BCUT2D eigenvalue weighted by Gasteiger charge is 2.21. The van der Waals surface area contributed by atoms with Crippen LogP contribution in [0.5, 0.6) is 0 Å². The van der Waals surface area contributed by atoms with Crippen LogP contribution in [0.1, 0.15) is 18.2 Å². The van der Waals surface area contributed by atoms with Gasteiger partial charge in [0.15, 0.2) is 0 Å². The molecule has 0 aliphatic carbocycles. The van der Waals surface area contributed by atoms with Crippen molar-refractivity contribution < 1.29 is 4.42 Å². The van der Waals surface area contributed by atoms with E-state index in [2.05, 4.69) is 196 Å². The van der Waals surface area contributed by atoms with E-state index in [4.69, 9.17) is 4.42 Å². The van der Waals surface area contributed by atoms with Gasteiger partial charge in [0.25, 0.3) is 0 Å². The Kier molecular flexibility index (Phi) is 7.30. The zero-order valence-electron chi connectivity index (χ0n) is 32.1. The number of thiophene rings is 1. The molecule has 0 N–H and O–H groups in total. The third kappa shape index (κ3) is 4.82. The van der Waals surface area contributed by atoms with Crippen LogP contribution in [0.4, 0.5) is 0 Å². The summed E-state index contributed by atoms with van der Waals surface area (Å²) in [5.41, 5.74) is 9.67. The number of fused-ring (bicyclic) bond motifs is 10. The second-order valence-electron chi connectivity index (χ2n) is 15.5. The van der Waals surface area contributed by atoms with E-state index < -0.39 is 0 Å². The molecular weight excluding hydrogens is 721 g/mol. The number of rotatable bonds is 4. The van der Waals surface area contributed by atoms with Crippen LogP contribution in [0.3, 0.4) is 0 Å². The van der Waals surface area contributed by atoms with Gasteiger partial charge in [0.05, 0.1) is 0 Å². The molecule has 0 saturated carbocycles. The van der Waals surface area contributed by atoms with Crippen LogP contribution in [0, 0.1) is 6.92 Å². The van der Waals surface area contributed by atoms with Crippen molar-refractivity contribution >= 4 is 102 Å². The second-order valence-corrected chi connectivity index (χ2v) is 16.6. The van der Waals surface area contributed by atoms with Crippen molar-refractivity contribution in [1.82, 2.24) is 0 Å². The van der Waals surface area contributed by atoms with E-state index in [-0.39, 0.29) is 0 Å². The minimum atomic E-state index is 0.942. The van der Waals surface area contributed by atoms with Gasteiger partial charge in [-0.2, -0.15) is 0 Å². The predicted molar refractivity (Wildman–Crippen MR) is 252 cm³/mol. The first-order chi connectivity index (χ1) is 28.6. The Hall–Kier alpha value is -7.00. The lowest BCUT2D eigenvalue weighted by Crippen LogP contribution is -1.93. The van der Waals surface area contributed by atoms with Crippen molar-refractivity contribution in [3.05, 3.63) is 187 Å². The van der Waals surface area contributed by atoms with E-state index in [1.807, 2.05) is 11.3 Å². The van der Waals surface area contributed by atoms with Crippen LogP contribution in [0.2, 0.25) is 0 Å². The molecule has 0 saturated heterocycles. The summed E-state index contributed by atoms with van der Waals surface area (Å²) in [5, 5.41) is 16.3. The largest absolute Gasteiger partial charge is 0.461 e. The van der Waals surface area contributed by atoms with Crippen LogP contribution in [0.15, 0.2) is 180 Å². The van der Waals surface area contributed by atoms with Gasteiger partial charge in [0, 0.05) is 31.1 Å². The SMILES string of the molecule is C/C=C\c1c(C)oc2cc3c(ccc4sc5cc(-c6ccc(-c7c8ccccc8c(-c8cccc9ccccc89)c8ccccc78)c7ccccc67)ccc5c43)cc12. The molecule has 10 aromatic carbocycles. The molecule has 0 unspecified atom stereocenters. The molecule has 0 bridgehead atoms. The number of benzene rings is 10. The highest BCUT2D eigenvalue weighted by molar-refractivity contribution is 7.26. The second kappa shape index (κ2) is 12.8. The molecule has 0 atom stereocenters. The molecule has 0 aliphatic heterocycles. The first-order valence-corrected chi connectivity index (χ1v) is 20.8. The van der Waals surface area contributed by atoms with Gasteiger partial charge in [0.2, 0.25) is 0 Å². The zero-order chi connectivity index (χ0) is 38.5. The van der Waals surface area contributed by atoms with Gasteiger partial charge >= 0.3 is 0 Å². The van der Waals surface area contributed by atoms with Crippen molar-refractivity contribution in [3.63, 3.8) is 0 Å². The van der Waals surface area contributed by atoms with E-state index >= 15 is 0 Å². The summed E-state index contributed by atoms with van der Waals surface area (Å²) >= 11 is 1.87. The molecule has 12 rings (SSSR count). The fourth-order valence-corrected chi connectivity index (χ4v) is 11.0. The normalized spacial score (nSPS) is 12.2. The molecular formula is C56H36OS. The summed E-state index contributed by atoms with van der Waals surface area (Å²) < 4.78 is 8.88. The van der Waals surface area contributed by atoms with Crippen LogP contribution < -0.4 is 0 Å². The zero-order valence-corrected chi connectivity index (χ0v) is 33.0. The maximum absolute atomic E-state index is 6.30. The maximum Gasteiger partial charge on any atom is 0.135 e. The van der Waals surface area contributed by atoms with Crippen LogP contribution >= 0.6 is 11.3 Å². The number of hydrogen-bond acceptors (Lipinski definition) is 2. The lowest BCUT2D eigenvalue weighted by Gasteiger charge is -2.20. The van der Waals surface area contributed by atoms with E-state index in [1.165, 1.54) is 113 Å². The van der Waals surface area contributed by atoms with Crippen molar-refractivity contribution in [2.75, 3.05) is 0 Å². The van der Waals surface area contributed by atoms with E-state index in [0.29, 0.717) is 0 Å². The molecule has 12 aromatic rings. The van der Waals surface area contributed by atoms with Crippen molar-refractivity contribution in [1.29, 1.82) is 0 Å². The Morgan fingerprint density at radius 1 is 0.431 bits per heavy atom. The summed E-state index contributed by atoms with van der Waals surface area (Å²) in [7, 11) is 0. The topological polar surface area (TPSA) is 13.1 Å². The average Bonchev–Trinajstić information content (AvgIpc) is 3.80. The summed E-state index contributed by atoms with van der Waals surface area (Å²) in [4.78, 5) is 0. The van der Waals surface area contributed by atoms with Gasteiger partial charge in [-0.05, 0) is 125 Å². The molecule has 0 radical (unpaired) electrons. The van der Waals surface area contributed by atoms with Crippen LogP contribution in [0.25, 0.3) is 124 Å². The highest BCUT2D eigenvalue weighted by Crippen LogP contribution is 2.48. The third-order valence-corrected chi connectivity index (χ3v) is 13.4. The van der Waals surface area contributed by atoms with E-state index in [9.17, 15) is 0 Å². The van der Waals surface area contributed by atoms with Gasteiger partial charge < -0.3 is 4.42 Å². The van der Waals surface area contributed by atoms with Crippen molar-refractivity contribution in [2.45, 2.75) is 13.8 Å². The molecule has 2 aromatic heterocycles. The molecule has 58 heavy (non-hydrogen) atoms. The van der Waals surface area contributed by atoms with Gasteiger partial charge in [-0.3, -0.25) is 0 Å². The van der Waals surface area contributed by atoms with Gasteiger partial charge in [-0.25, -0.2) is 0 Å². The predicted octanol–water partition coefficient (Wildman–Crippen LogP) is 16.9. The van der Waals surface area contributed by atoms with Crippen LogP contribution in [-0.4, -0.2) is 0 Å². The molecule has 0 spiro atoms. The molecule has 272 valence electrons. The Morgan fingerprint density at radius 2 is 1.03 bits per heavy atom. The lowest BCUT2D eigenvalue weighted by atomic mass is 9.83. The summed E-state index contributed by atoms with van der Waals surface area (Å²) in [6.07, 6.45) is 4.23. The standard InChI is InChI=1S/C56H36OS/c1-3-13-37-33(2)57-51-32-49-35(30-50(37)51)25-29-52-56(49)48-26-24-36(31-53(48)58-52)39-27-28-47(41-18-7-6-17-40(39)41)55-45-21-10-8-19-43(45)54(44-20-9-11-22-46(44)55)42-23-12-15-34-14-4-5-16-38(34)42/h3-32H,1-2H3/b13-3-. The summed E-state index contributed by atoms with van der Waals surface area (Å²) in [5.74, 6) is 0.956. The number of hydrogen-bond donors (Lipinski definition) is 0. The average molecular weight is 757 g/mol. The van der Waals surface area contributed by atoms with E-state index in [1.54, 1.807) is 0 Å². The Balaban J connectivity index is 1.06. The minimum absolute atomic E-state index is 0.942. The van der Waals surface area contributed by atoms with Crippen molar-refractivity contribution in [2.24, 2.45) is 0 Å². The number of furan rings is 1. The number of aryl methyl sites for hydroxylation is 1. The number of allylic oxidation sites excluding steroid dienone is 1. The Labute approximate surface area is 339 Å².